The smallest absolute Gasteiger partial charge is 0.0159 e. The Bertz CT molecular complexity index is 141. The summed E-state index contributed by atoms with van der Waals surface area (Å²) in [6.07, 6.45) is 6.28. The zero-order chi connectivity index (χ0) is 8.81. The molecular weight excluding hydrogens is 208 g/mol. The van der Waals surface area contributed by atoms with Crippen molar-refractivity contribution in [1.29, 1.82) is 0 Å². The first-order valence-electron chi connectivity index (χ1n) is 4.40. The predicted octanol–water partition coefficient (Wildman–Crippen LogP) is 4.45. The first-order chi connectivity index (χ1) is 5.79. The van der Waals surface area contributed by atoms with Gasteiger partial charge in [-0.2, -0.15) is 0 Å². The maximum atomic E-state index is 5.67. The minimum Gasteiger partial charge on any atom is -0.0938 e. The van der Waals surface area contributed by atoms with Gasteiger partial charge in [0.1, 0.15) is 0 Å². The highest BCUT2D eigenvalue weighted by Gasteiger charge is 2.15. The molecule has 0 N–H and O–H groups in total. The van der Waals surface area contributed by atoms with Gasteiger partial charge in [-0.3, -0.25) is 0 Å². The van der Waals surface area contributed by atoms with Crippen LogP contribution in [-0.2, 0) is 0 Å². The van der Waals surface area contributed by atoms with Crippen molar-refractivity contribution in [3.8, 4) is 0 Å². The van der Waals surface area contributed by atoms with E-state index in [1.165, 1.54) is 31.4 Å². The third kappa shape index (κ3) is 4.68. The van der Waals surface area contributed by atoms with E-state index in [1.54, 1.807) is 0 Å². The summed E-state index contributed by atoms with van der Waals surface area (Å²) < 4.78 is 0. The van der Waals surface area contributed by atoms with Crippen molar-refractivity contribution >= 4 is 33.2 Å². The molecule has 0 aliphatic carbocycles. The van der Waals surface area contributed by atoms with Crippen LogP contribution in [0.25, 0.3) is 0 Å². The van der Waals surface area contributed by atoms with E-state index in [1.807, 2.05) is 10.8 Å². The number of hydrogen-bond donors (Lipinski definition) is 0. The van der Waals surface area contributed by atoms with Crippen LogP contribution in [0.15, 0.2) is 11.6 Å². The molecule has 0 radical (unpaired) electrons. The molecule has 0 saturated carbocycles. The number of halogens is 1. The van der Waals surface area contributed by atoms with Crippen LogP contribution >= 0.6 is 33.2 Å². The molecule has 3 heteroatoms. The summed E-state index contributed by atoms with van der Waals surface area (Å²) in [6, 6.07) is 0. The van der Waals surface area contributed by atoms with Gasteiger partial charge in [0.15, 0.2) is 0 Å². The molecule has 1 atom stereocenters. The summed E-state index contributed by atoms with van der Waals surface area (Å²) in [7, 11) is 4.08. The molecular formula is C9H15ClS2. The highest BCUT2D eigenvalue weighted by Crippen LogP contribution is 2.39. The summed E-state index contributed by atoms with van der Waals surface area (Å²) in [5, 5.41) is 1.72. The zero-order valence-corrected chi connectivity index (χ0v) is 9.61. The van der Waals surface area contributed by atoms with Crippen LogP contribution in [0.3, 0.4) is 0 Å². The Hall–Kier alpha value is 0.730. The Labute approximate surface area is 87.9 Å². The maximum absolute atomic E-state index is 5.67. The lowest BCUT2D eigenvalue weighted by Crippen LogP contribution is -1.96. The molecule has 0 aromatic rings. The second-order valence-electron chi connectivity index (χ2n) is 3.09. The van der Waals surface area contributed by atoms with Gasteiger partial charge in [-0.25, -0.2) is 0 Å². The lowest BCUT2D eigenvalue weighted by Gasteiger charge is -2.05. The third-order valence-corrected chi connectivity index (χ3v) is 5.15. The number of unbranched alkanes of at least 4 members (excludes halogenated alkanes) is 1. The molecule has 0 spiro atoms. The number of allylic oxidation sites excluding steroid dienone is 1. The summed E-state index contributed by atoms with van der Waals surface area (Å²) in [6.45, 7) is 3.68. The van der Waals surface area contributed by atoms with Gasteiger partial charge in [0.2, 0.25) is 0 Å². The van der Waals surface area contributed by atoms with Gasteiger partial charge in [0.05, 0.1) is 0 Å². The lowest BCUT2D eigenvalue weighted by atomic mass is 10.1. The average Bonchev–Trinajstić information content (AvgIpc) is 2.49. The fourth-order valence-electron chi connectivity index (χ4n) is 1.25. The van der Waals surface area contributed by atoms with E-state index >= 15 is 0 Å². The predicted molar refractivity (Wildman–Crippen MR) is 61.9 cm³/mol. The Morgan fingerprint density at radius 1 is 1.50 bits per heavy atom. The summed E-state index contributed by atoms with van der Waals surface area (Å²) >= 11 is 5.67. The van der Waals surface area contributed by atoms with Gasteiger partial charge in [0, 0.05) is 16.0 Å². The molecule has 0 aromatic carbocycles. The molecule has 70 valence electrons. The fourth-order valence-corrected chi connectivity index (χ4v) is 4.41. The van der Waals surface area contributed by atoms with Crippen LogP contribution in [-0.4, -0.2) is 11.0 Å². The van der Waals surface area contributed by atoms with E-state index in [9.17, 15) is 0 Å². The topological polar surface area (TPSA) is 0 Å². The lowest BCUT2D eigenvalue weighted by molar-refractivity contribution is 0.655. The van der Waals surface area contributed by atoms with Gasteiger partial charge >= 0.3 is 0 Å². The Kier molecular flexibility index (Phi) is 5.61. The summed E-state index contributed by atoms with van der Waals surface area (Å²) in [5.74, 6) is 1.34. The van der Waals surface area contributed by atoms with Crippen LogP contribution in [0.4, 0.5) is 0 Å². The first-order valence-corrected chi connectivity index (χ1v) is 7.16. The van der Waals surface area contributed by atoms with Crippen molar-refractivity contribution in [2.45, 2.75) is 37.4 Å². The maximum Gasteiger partial charge on any atom is 0.0159 e. The van der Waals surface area contributed by atoms with Crippen LogP contribution < -0.4 is 0 Å². The molecule has 1 saturated heterocycles. The SMILES string of the molecule is C=C(Cl)CCCCC1CCSS1. The highest BCUT2D eigenvalue weighted by molar-refractivity contribution is 8.77. The van der Waals surface area contributed by atoms with Gasteiger partial charge in [-0.15, -0.1) is 0 Å². The second-order valence-corrected chi connectivity index (χ2v) is 6.41. The number of hydrogen-bond acceptors (Lipinski definition) is 2. The normalized spacial score (nSPS) is 22.9. The molecule has 0 nitrogen and oxygen atoms in total. The van der Waals surface area contributed by atoms with Gasteiger partial charge in [-0.05, 0) is 25.7 Å². The van der Waals surface area contributed by atoms with E-state index < -0.39 is 0 Å². The first kappa shape index (κ1) is 10.8. The molecule has 1 heterocycles. The van der Waals surface area contributed by atoms with E-state index in [4.69, 9.17) is 11.6 Å². The Morgan fingerprint density at radius 2 is 2.33 bits per heavy atom. The van der Waals surface area contributed by atoms with Crippen molar-refractivity contribution in [2.24, 2.45) is 0 Å². The quantitative estimate of drug-likeness (QED) is 0.498. The molecule has 1 fully saturated rings. The van der Waals surface area contributed by atoms with Gasteiger partial charge < -0.3 is 0 Å². The minimum absolute atomic E-state index is 0.809. The molecule has 1 aliphatic rings. The Morgan fingerprint density at radius 3 is 2.92 bits per heavy atom. The van der Waals surface area contributed by atoms with E-state index in [2.05, 4.69) is 17.4 Å². The van der Waals surface area contributed by atoms with Crippen molar-refractivity contribution < 1.29 is 0 Å². The summed E-state index contributed by atoms with van der Waals surface area (Å²) in [5.41, 5.74) is 0. The van der Waals surface area contributed by atoms with Gasteiger partial charge in [0.25, 0.3) is 0 Å². The third-order valence-electron chi connectivity index (χ3n) is 1.95. The van der Waals surface area contributed by atoms with Crippen molar-refractivity contribution in [2.75, 3.05) is 5.75 Å². The average molecular weight is 223 g/mol. The Balaban J connectivity index is 1.91. The second kappa shape index (κ2) is 6.22. The van der Waals surface area contributed by atoms with Crippen LogP contribution in [0.5, 0.6) is 0 Å². The van der Waals surface area contributed by atoms with Crippen molar-refractivity contribution in [3.63, 3.8) is 0 Å². The molecule has 1 rings (SSSR count). The molecule has 0 bridgehead atoms. The van der Waals surface area contributed by atoms with Gasteiger partial charge in [-0.1, -0.05) is 46.2 Å². The van der Waals surface area contributed by atoms with Crippen LogP contribution in [0, 0.1) is 0 Å². The molecule has 0 amide bonds. The fraction of sp³-hybridized carbons (Fsp3) is 0.778. The number of rotatable bonds is 5. The van der Waals surface area contributed by atoms with Crippen LogP contribution in [0.1, 0.15) is 32.1 Å². The monoisotopic (exact) mass is 222 g/mol. The minimum atomic E-state index is 0.809. The molecule has 12 heavy (non-hydrogen) atoms. The van der Waals surface area contributed by atoms with Crippen molar-refractivity contribution in [1.82, 2.24) is 0 Å². The zero-order valence-electron chi connectivity index (χ0n) is 7.22. The largest absolute Gasteiger partial charge is 0.0938 e. The van der Waals surface area contributed by atoms with E-state index in [0.717, 1.165) is 16.7 Å². The van der Waals surface area contributed by atoms with Crippen LogP contribution in [0.2, 0.25) is 0 Å². The van der Waals surface area contributed by atoms with E-state index in [-0.39, 0.29) is 0 Å². The molecule has 0 aromatic heterocycles. The molecule has 1 aliphatic heterocycles. The van der Waals surface area contributed by atoms with Crippen molar-refractivity contribution in [3.05, 3.63) is 11.6 Å². The highest BCUT2D eigenvalue weighted by atomic mass is 35.5. The molecule has 1 unspecified atom stereocenters. The summed E-state index contributed by atoms with van der Waals surface area (Å²) in [4.78, 5) is 0. The van der Waals surface area contributed by atoms with E-state index in [0.29, 0.717) is 0 Å². The standard InChI is InChI=1S/C9H15ClS2/c1-8(10)4-2-3-5-9-6-7-11-12-9/h9H,1-7H2.